The molecule has 4 aromatic rings. The number of rotatable bonds is 7. The van der Waals surface area contributed by atoms with E-state index in [-0.39, 0.29) is 12.6 Å². The highest BCUT2D eigenvalue weighted by atomic mass is 32.2. The molecule has 33 heavy (non-hydrogen) atoms. The molecule has 0 unspecified atom stereocenters. The monoisotopic (exact) mass is 460 g/mol. The Bertz CT molecular complexity index is 1330. The number of aromatic nitrogens is 4. The van der Waals surface area contributed by atoms with E-state index in [1.54, 1.807) is 0 Å². The van der Waals surface area contributed by atoms with Crippen molar-refractivity contribution >= 4 is 17.5 Å². The van der Waals surface area contributed by atoms with Gasteiger partial charge in [0, 0.05) is 40.8 Å². The molecule has 0 aliphatic carbocycles. The molecule has 0 N–H and O–H groups in total. The van der Waals surface area contributed by atoms with E-state index < -0.39 is 0 Å². The summed E-state index contributed by atoms with van der Waals surface area (Å²) < 4.78 is 15.0. The largest absolute Gasteiger partial charge is 0.454 e. The molecule has 0 saturated heterocycles. The highest BCUT2D eigenvalue weighted by molar-refractivity contribution is 7.99. The Labute approximate surface area is 196 Å². The molecule has 8 heteroatoms. The third-order valence-electron chi connectivity index (χ3n) is 5.74. The molecule has 7 nitrogen and oxygen atoms in total. The summed E-state index contributed by atoms with van der Waals surface area (Å²) in [6.45, 7) is 6.99. The first-order valence-electron chi connectivity index (χ1n) is 10.8. The van der Waals surface area contributed by atoms with Crippen LogP contribution in [0.5, 0.6) is 11.5 Å². The van der Waals surface area contributed by atoms with Gasteiger partial charge in [-0.2, -0.15) is 0 Å². The summed E-state index contributed by atoms with van der Waals surface area (Å²) in [6, 6.07) is 17.7. The van der Waals surface area contributed by atoms with Crippen LogP contribution in [-0.4, -0.2) is 37.7 Å². The molecule has 2 aromatic heterocycles. The van der Waals surface area contributed by atoms with E-state index in [9.17, 15) is 4.79 Å². The zero-order valence-corrected chi connectivity index (χ0v) is 19.6. The van der Waals surface area contributed by atoms with Gasteiger partial charge in [-0.25, -0.2) is 0 Å². The van der Waals surface area contributed by atoms with E-state index in [1.807, 2.05) is 73.0 Å². The van der Waals surface area contributed by atoms with Gasteiger partial charge in [-0.15, -0.1) is 10.2 Å². The predicted octanol–water partition coefficient (Wildman–Crippen LogP) is 5.08. The number of benzene rings is 2. The SMILES string of the molecule is CCn1c(SCC(=O)c2cc(C)n(-c3ccc4c(c3)OCO4)c2C)nnc1-c1ccccc1. The smallest absolute Gasteiger partial charge is 0.231 e. The average molecular weight is 461 g/mol. The lowest BCUT2D eigenvalue weighted by molar-refractivity contribution is 0.102. The second kappa shape index (κ2) is 8.78. The molecule has 5 rings (SSSR count). The minimum absolute atomic E-state index is 0.0620. The fourth-order valence-corrected chi connectivity index (χ4v) is 5.04. The molecule has 168 valence electrons. The first-order valence-corrected chi connectivity index (χ1v) is 11.8. The standard InChI is InChI=1S/C25H24N4O3S/c1-4-28-24(18-8-6-5-7-9-18)26-27-25(28)33-14-21(30)20-12-16(2)29(17(20)3)19-10-11-22-23(13-19)32-15-31-22/h5-13H,4,14-15H2,1-3H3. The number of hydrogen-bond donors (Lipinski definition) is 0. The van der Waals surface area contributed by atoms with E-state index in [0.717, 1.165) is 51.7 Å². The van der Waals surface area contributed by atoms with Crippen LogP contribution < -0.4 is 9.47 Å². The van der Waals surface area contributed by atoms with Crippen molar-refractivity contribution in [1.82, 2.24) is 19.3 Å². The predicted molar refractivity (Wildman–Crippen MR) is 128 cm³/mol. The van der Waals surface area contributed by atoms with E-state index in [2.05, 4.69) is 21.7 Å². The van der Waals surface area contributed by atoms with Crippen LogP contribution in [0, 0.1) is 13.8 Å². The molecule has 0 spiro atoms. The second-order valence-electron chi connectivity index (χ2n) is 7.79. The molecule has 1 aliphatic rings. The van der Waals surface area contributed by atoms with Crippen molar-refractivity contribution in [3.8, 4) is 28.6 Å². The van der Waals surface area contributed by atoms with Crippen LogP contribution >= 0.6 is 11.8 Å². The molecule has 0 radical (unpaired) electrons. The molecular weight excluding hydrogens is 436 g/mol. The Hall–Kier alpha value is -3.52. The van der Waals surface area contributed by atoms with Gasteiger partial charge in [-0.3, -0.25) is 4.79 Å². The Balaban J connectivity index is 1.36. The number of hydrogen-bond acceptors (Lipinski definition) is 6. The quantitative estimate of drug-likeness (QED) is 0.283. The summed E-state index contributed by atoms with van der Waals surface area (Å²) in [7, 11) is 0. The number of fused-ring (bicyclic) bond motifs is 1. The number of ketones is 1. The van der Waals surface area contributed by atoms with Gasteiger partial charge in [-0.1, -0.05) is 42.1 Å². The molecule has 0 amide bonds. The van der Waals surface area contributed by atoms with Gasteiger partial charge in [0.15, 0.2) is 28.3 Å². The lowest BCUT2D eigenvalue weighted by Crippen LogP contribution is -2.07. The molecular formula is C25H24N4O3S. The summed E-state index contributed by atoms with van der Waals surface area (Å²) >= 11 is 1.42. The van der Waals surface area contributed by atoms with Crippen LogP contribution in [0.3, 0.4) is 0 Å². The van der Waals surface area contributed by atoms with Crippen LogP contribution in [0.4, 0.5) is 0 Å². The van der Waals surface area contributed by atoms with Crippen molar-refractivity contribution in [1.29, 1.82) is 0 Å². The topological polar surface area (TPSA) is 71.2 Å². The van der Waals surface area contributed by atoms with Crippen LogP contribution in [0.1, 0.15) is 28.7 Å². The lowest BCUT2D eigenvalue weighted by Gasteiger charge is -2.11. The van der Waals surface area contributed by atoms with Crippen molar-refractivity contribution in [2.45, 2.75) is 32.5 Å². The summed E-state index contributed by atoms with van der Waals surface area (Å²) in [5.74, 6) is 2.62. The Kier molecular flexibility index (Phi) is 5.68. The maximum absolute atomic E-state index is 13.2. The zero-order chi connectivity index (χ0) is 22.9. The van der Waals surface area contributed by atoms with Crippen molar-refractivity contribution in [2.75, 3.05) is 12.5 Å². The summed E-state index contributed by atoms with van der Waals surface area (Å²) in [6.07, 6.45) is 0. The van der Waals surface area contributed by atoms with Crippen molar-refractivity contribution in [2.24, 2.45) is 0 Å². The molecule has 0 fully saturated rings. The van der Waals surface area contributed by atoms with Gasteiger partial charge >= 0.3 is 0 Å². The van der Waals surface area contributed by atoms with Gasteiger partial charge in [0.2, 0.25) is 6.79 Å². The molecule has 3 heterocycles. The highest BCUT2D eigenvalue weighted by Crippen LogP contribution is 2.35. The average Bonchev–Trinajstić information content (AvgIpc) is 3.54. The van der Waals surface area contributed by atoms with E-state index in [4.69, 9.17) is 9.47 Å². The molecule has 1 aliphatic heterocycles. The van der Waals surface area contributed by atoms with Gasteiger partial charge in [-0.05, 0) is 39.0 Å². The summed E-state index contributed by atoms with van der Waals surface area (Å²) in [5.41, 5.74) is 4.56. The van der Waals surface area contributed by atoms with Crippen LogP contribution in [-0.2, 0) is 6.54 Å². The van der Waals surface area contributed by atoms with E-state index in [0.29, 0.717) is 11.3 Å². The van der Waals surface area contributed by atoms with Gasteiger partial charge < -0.3 is 18.6 Å². The number of carbonyl (C=O) groups is 1. The minimum Gasteiger partial charge on any atom is -0.454 e. The molecule has 0 saturated carbocycles. The van der Waals surface area contributed by atoms with Crippen LogP contribution in [0.15, 0.2) is 59.8 Å². The molecule has 2 aromatic carbocycles. The minimum atomic E-state index is 0.0620. The third-order valence-corrected chi connectivity index (χ3v) is 6.71. The maximum Gasteiger partial charge on any atom is 0.231 e. The fourth-order valence-electron chi connectivity index (χ4n) is 4.16. The van der Waals surface area contributed by atoms with Gasteiger partial charge in [0.1, 0.15) is 0 Å². The first kappa shape index (κ1) is 21.3. The van der Waals surface area contributed by atoms with E-state index >= 15 is 0 Å². The number of thioether (sulfide) groups is 1. The number of carbonyl (C=O) groups excluding carboxylic acids is 1. The number of nitrogens with zero attached hydrogens (tertiary/aromatic N) is 4. The van der Waals surface area contributed by atoms with Crippen molar-refractivity contribution in [3.63, 3.8) is 0 Å². The normalized spacial score (nSPS) is 12.3. The van der Waals surface area contributed by atoms with Gasteiger partial charge in [0.25, 0.3) is 0 Å². The summed E-state index contributed by atoms with van der Waals surface area (Å²) in [5, 5.41) is 9.46. The van der Waals surface area contributed by atoms with E-state index in [1.165, 1.54) is 11.8 Å². The zero-order valence-electron chi connectivity index (χ0n) is 18.7. The number of ether oxygens (including phenoxy) is 2. The lowest BCUT2D eigenvalue weighted by atomic mass is 10.2. The Morgan fingerprint density at radius 3 is 2.61 bits per heavy atom. The Morgan fingerprint density at radius 1 is 1.03 bits per heavy atom. The summed E-state index contributed by atoms with van der Waals surface area (Å²) in [4.78, 5) is 13.2. The Morgan fingerprint density at radius 2 is 1.82 bits per heavy atom. The van der Waals surface area contributed by atoms with Crippen LogP contribution in [0.2, 0.25) is 0 Å². The fraction of sp³-hybridized carbons (Fsp3) is 0.240. The number of Topliss-reactive ketones (excluding diaryl/α,β-unsaturated/α-hetero) is 1. The highest BCUT2D eigenvalue weighted by Gasteiger charge is 2.21. The third kappa shape index (κ3) is 3.91. The van der Waals surface area contributed by atoms with Crippen LogP contribution in [0.25, 0.3) is 17.1 Å². The molecule has 0 atom stereocenters. The molecule has 0 bridgehead atoms. The van der Waals surface area contributed by atoms with Gasteiger partial charge in [0.05, 0.1) is 5.75 Å². The first-order chi connectivity index (χ1) is 16.1. The second-order valence-corrected chi connectivity index (χ2v) is 8.73. The van der Waals surface area contributed by atoms with Crippen molar-refractivity contribution < 1.29 is 14.3 Å². The number of aryl methyl sites for hydroxylation is 1. The maximum atomic E-state index is 13.2. The van der Waals surface area contributed by atoms with Crippen molar-refractivity contribution in [3.05, 3.63) is 71.5 Å².